The van der Waals surface area contributed by atoms with Gasteiger partial charge in [-0.2, -0.15) is 8.42 Å². The van der Waals surface area contributed by atoms with Crippen LogP contribution in [0.15, 0.2) is 29.2 Å². The van der Waals surface area contributed by atoms with Gasteiger partial charge in [0.2, 0.25) is 11.8 Å². The summed E-state index contributed by atoms with van der Waals surface area (Å²) in [5.41, 5.74) is 0.397. The maximum atomic E-state index is 12.8. The number of nitrogens with one attached hydrogen (secondary N) is 2. The van der Waals surface area contributed by atoms with Crippen molar-refractivity contribution < 1.29 is 21.9 Å². The molecule has 1 heterocycles. The Kier molecular flexibility index (Phi) is 4.03. The minimum Gasteiger partial charge on any atom is -0.384 e. The summed E-state index contributed by atoms with van der Waals surface area (Å²) in [6, 6.07) is 5.27. The molecular weight excluding hydrogens is 287 g/mol. The van der Waals surface area contributed by atoms with Crippen LogP contribution in [-0.2, 0) is 19.8 Å². The topological polar surface area (TPSA) is 92.3 Å². The molecule has 108 valence electrons. The van der Waals surface area contributed by atoms with Crippen molar-refractivity contribution in [3.63, 3.8) is 0 Å². The summed E-state index contributed by atoms with van der Waals surface area (Å²) in [5.74, 6) is -1.03. The number of imide groups is 1. The van der Waals surface area contributed by atoms with E-state index in [4.69, 9.17) is 0 Å². The second-order valence-corrected chi connectivity index (χ2v) is 5.84. The van der Waals surface area contributed by atoms with E-state index < -0.39 is 15.1 Å². The molecule has 1 unspecified atom stereocenters. The van der Waals surface area contributed by atoms with Crippen molar-refractivity contribution in [2.24, 2.45) is 5.92 Å². The molecule has 1 atom stereocenters. The van der Waals surface area contributed by atoms with Crippen LogP contribution in [0.3, 0.4) is 0 Å². The van der Waals surface area contributed by atoms with Crippen molar-refractivity contribution in [1.29, 1.82) is 0 Å². The summed E-state index contributed by atoms with van der Waals surface area (Å²) >= 11 is 0. The Bertz CT molecular complexity index is 645. The van der Waals surface area contributed by atoms with Crippen molar-refractivity contribution in [3.05, 3.63) is 24.3 Å². The second-order valence-electron chi connectivity index (χ2n) is 4.49. The molecule has 0 aromatic heterocycles. The first-order valence-electron chi connectivity index (χ1n) is 5.98. The zero-order valence-electron chi connectivity index (χ0n) is 10.4. The Morgan fingerprint density at radius 3 is 2.75 bits per heavy atom. The standard InChI is InChI=1S/C12H13FN2O4S/c13-20(18,19)10-3-1-2-9(6-10)14-7-8-4-5-11(16)15-12(8)17/h1-3,6,8,14H,4-5,7H2,(H,15,16,17). The van der Waals surface area contributed by atoms with Gasteiger partial charge in [0.05, 0.1) is 5.92 Å². The first-order valence-corrected chi connectivity index (χ1v) is 7.37. The molecule has 0 bridgehead atoms. The smallest absolute Gasteiger partial charge is 0.332 e. The number of hydrogen-bond acceptors (Lipinski definition) is 5. The van der Waals surface area contributed by atoms with Crippen molar-refractivity contribution in [2.45, 2.75) is 17.7 Å². The fourth-order valence-corrected chi connectivity index (χ4v) is 2.44. The molecule has 1 aliphatic heterocycles. The van der Waals surface area contributed by atoms with Crippen LogP contribution in [0.5, 0.6) is 0 Å². The molecular formula is C12H13FN2O4S. The third-order valence-electron chi connectivity index (χ3n) is 3.02. The van der Waals surface area contributed by atoms with Crippen LogP contribution in [0.4, 0.5) is 9.57 Å². The Morgan fingerprint density at radius 2 is 2.10 bits per heavy atom. The number of carbonyl (C=O) groups excluding carboxylic acids is 2. The highest BCUT2D eigenvalue weighted by atomic mass is 32.3. The quantitative estimate of drug-likeness (QED) is 0.634. The molecule has 2 amide bonds. The molecule has 1 fully saturated rings. The van der Waals surface area contributed by atoms with E-state index in [1.807, 2.05) is 0 Å². The molecule has 8 heteroatoms. The van der Waals surface area contributed by atoms with Gasteiger partial charge in [-0.3, -0.25) is 14.9 Å². The lowest BCUT2D eigenvalue weighted by Gasteiger charge is -2.21. The normalized spacial score (nSPS) is 19.6. The number of carbonyl (C=O) groups is 2. The fraction of sp³-hybridized carbons (Fsp3) is 0.333. The average Bonchev–Trinajstić information content (AvgIpc) is 2.37. The highest BCUT2D eigenvalue weighted by molar-refractivity contribution is 7.86. The van der Waals surface area contributed by atoms with Crippen LogP contribution in [0, 0.1) is 5.92 Å². The zero-order valence-corrected chi connectivity index (χ0v) is 11.2. The molecule has 0 aliphatic carbocycles. The largest absolute Gasteiger partial charge is 0.384 e. The molecule has 20 heavy (non-hydrogen) atoms. The van der Waals surface area contributed by atoms with Gasteiger partial charge < -0.3 is 5.32 Å². The predicted molar refractivity (Wildman–Crippen MR) is 69.1 cm³/mol. The molecule has 1 aromatic carbocycles. The third-order valence-corrected chi connectivity index (χ3v) is 3.84. The van der Waals surface area contributed by atoms with Crippen LogP contribution >= 0.6 is 0 Å². The molecule has 1 aromatic rings. The number of anilines is 1. The third kappa shape index (κ3) is 3.53. The fourth-order valence-electron chi connectivity index (χ4n) is 1.93. The number of piperidine rings is 1. The van der Waals surface area contributed by atoms with E-state index in [1.165, 1.54) is 6.07 Å². The highest BCUT2D eigenvalue weighted by Crippen LogP contribution is 2.19. The Hall–Kier alpha value is -1.96. The minimum absolute atomic E-state index is 0.245. The molecule has 6 nitrogen and oxygen atoms in total. The van der Waals surface area contributed by atoms with E-state index in [0.717, 1.165) is 12.1 Å². The number of benzene rings is 1. The molecule has 2 N–H and O–H groups in total. The molecule has 1 saturated heterocycles. The monoisotopic (exact) mass is 300 g/mol. The second kappa shape index (κ2) is 5.58. The van der Waals surface area contributed by atoms with E-state index >= 15 is 0 Å². The lowest BCUT2D eigenvalue weighted by atomic mass is 9.98. The predicted octanol–water partition coefficient (Wildman–Crippen LogP) is 0.809. The van der Waals surface area contributed by atoms with Crippen molar-refractivity contribution in [2.75, 3.05) is 11.9 Å². The summed E-state index contributed by atoms with van der Waals surface area (Å²) in [7, 11) is -4.75. The van der Waals surface area contributed by atoms with Gasteiger partial charge in [-0.25, -0.2) is 0 Å². The van der Waals surface area contributed by atoms with Crippen molar-refractivity contribution >= 4 is 27.7 Å². The maximum absolute atomic E-state index is 12.8. The van der Waals surface area contributed by atoms with Crippen LogP contribution in [0.1, 0.15) is 12.8 Å². The summed E-state index contributed by atoms with van der Waals surface area (Å²) in [6.07, 6.45) is 0.704. The summed E-state index contributed by atoms with van der Waals surface area (Å²) in [6.45, 7) is 0.245. The first kappa shape index (κ1) is 14.4. The molecule has 0 spiro atoms. The average molecular weight is 300 g/mol. The SMILES string of the molecule is O=C1CCC(CNc2cccc(S(=O)(=O)F)c2)C(=O)N1. The highest BCUT2D eigenvalue weighted by Gasteiger charge is 2.26. The lowest BCUT2D eigenvalue weighted by molar-refractivity contribution is -0.135. The number of amides is 2. The zero-order chi connectivity index (χ0) is 14.8. The van der Waals surface area contributed by atoms with E-state index in [0.29, 0.717) is 12.1 Å². The first-order chi connectivity index (χ1) is 9.36. The van der Waals surface area contributed by atoms with Crippen LogP contribution in [-0.4, -0.2) is 26.8 Å². The van der Waals surface area contributed by atoms with Gasteiger partial charge in [0.15, 0.2) is 0 Å². The van der Waals surface area contributed by atoms with Gasteiger partial charge in [-0.15, -0.1) is 3.89 Å². The van der Waals surface area contributed by atoms with Crippen molar-refractivity contribution in [3.8, 4) is 0 Å². The van der Waals surface area contributed by atoms with Gasteiger partial charge in [0.1, 0.15) is 4.90 Å². The summed E-state index contributed by atoms with van der Waals surface area (Å²) in [5, 5.41) is 5.10. The summed E-state index contributed by atoms with van der Waals surface area (Å²) in [4.78, 5) is 22.1. The van der Waals surface area contributed by atoms with E-state index in [9.17, 15) is 21.9 Å². The maximum Gasteiger partial charge on any atom is 0.332 e. The number of hydrogen-bond donors (Lipinski definition) is 2. The molecule has 1 aliphatic rings. The molecule has 0 radical (unpaired) electrons. The van der Waals surface area contributed by atoms with Gasteiger partial charge >= 0.3 is 10.2 Å². The van der Waals surface area contributed by atoms with Gasteiger partial charge in [0, 0.05) is 18.7 Å². The lowest BCUT2D eigenvalue weighted by Crippen LogP contribution is -2.43. The van der Waals surface area contributed by atoms with E-state index in [1.54, 1.807) is 6.07 Å². The Labute approximate surface area is 115 Å². The number of rotatable bonds is 4. The minimum atomic E-state index is -4.75. The van der Waals surface area contributed by atoms with E-state index in [-0.39, 0.29) is 30.7 Å². The Morgan fingerprint density at radius 1 is 1.35 bits per heavy atom. The van der Waals surface area contributed by atoms with Gasteiger partial charge in [-0.1, -0.05) is 6.07 Å². The Balaban J connectivity index is 2.01. The van der Waals surface area contributed by atoms with Crippen molar-refractivity contribution in [1.82, 2.24) is 5.32 Å². The van der Waals surface area contributed by atoms with Gasteiger partial charge in [0.25, 0.3) is 0 Å². The molecule has 2 rings (SSSR count). The summed E-state index contributed by atoms with van der Waals surface area (Å²) < 4.78 is 34.4. The van der Waals surface area contributed by atoms with Gasteiger partial charge in [-0.05, 0) is 24.6 Å². The van der Waals surface area contributed by atoms with Crippen LogP contribution in [0.2, 0.25) is 0 Å². The number of halogens is 1. The van der Waals surface area contributed by atoms with E-state index in [2.05, 4.69) is 10.6 Å². The molecule has 0 saturated carbocycles. The van der Waals surface area contributed by atoms with Crippen LogP contribution < -0.4 is 10.6 Å². The van der Waals surface area contributed by atoms with Crippen LogP contribution in [0.25, 0.3) is 0 Å².